The molecule has 2 rings (SSSR count). The fourth-order valence-electron chi connectivity index (χ4n) is 5.47. The van der Waals surface area contributed by atoms with Crippen LogP contribution < -0.4 is 43.8 Å². The standard InChI is InChI=1S/C35H56N8O8/c1-21(2)19-29(35(50)51)43-34(49)28(20-22-13-15-23(44)16-14-22)42-33(48)26-10-4-3-9-24(38)30(45)39-25(11-5-7-17-36)31(46)41-27(32(47)40-26)12-6-8-18-37/h3-4,13-16,21,24-29,44H,5-12,17-20,36-38H2,1-2H3,(H,39,45)(H,40,47)(H,41,46)(H,42,48)(H,43,49)(H,50,51)/b4-3+/t24-,25+,26-,27-,28-,29-/m0/s1. The highest BCUT2D eigenvalue weighted by Crippen LogP contribution is 2.14. The summed E-state index contributed by atoms with van der Waals surface area (Å²) in [5, 5.41) is 32.8. The van der Waals surface area contributed by atoms with Crippen LogP contribution in [-0.2, 0) is 35.2 Å². The van der Waals surface area contributed by atoms with Crippen LogP contribution in [0.4, 0.5) is 0 Å². The molecule has 0 aliphatic carbocycles. The number of carboxylic acids is 1. The van der Waals surface area contributed by atoms with E-state index in [1.165, 1.54) is 12.1 Å². The molecule has 0 aromatic heterocycles. The van der Waals surface area contributed by atoms with E-state index in [2.05, 4.69) is 26.6 Å². The van der Waals surface area contributed by atoms with Gasteiger partial charge in [-0.15, -0.1) is 0 Å². The first-order valence-corrected chi connectivity index (χ1v) is 17.6. The number of amides is 5. The van der Waals surface area contributed by atoms with Gasteiger partial charge in [-0.1, -0.05) is 38.1 Å². The van der Waals surface area contributed by atoms with Crippen LogP contribution in [0.3, 0.4) is 0 Å². The Morgan fingerprint density at radius 3 is 1.90 bits per heavy atom. The van der Waals surface area contributed by atoms with E-state index >= 15 is 0 Å². The number of phenolic OH excluding ortho intramolecular Hbond substituents is 1. The van der Waals surface area contributed by atoms with Crippen molar-refractivity contribution >= 4 is 35.5 Å². The second-order valence-electron chi connectivity index (χ2n) is 13.3. The second kappa shape index (κ2) is 22.3. The molecule has 16 heteroatoms. The predicted octanol–water partition coefficient (Wildman–Crippen LogP) is -0.575. The molecule has 1 heterocycles. The maximum absolute atomic E-state index is 13.9. The summed E-state index contributed by atoms with van der Waals surface area (Å²) < 4.78 is 0. The van der Waals surface area contributed by atoms with Crippen molar-refractivity contribution in [3.8, 4) is 5.75 Å². The van der Waals surface area contributed by atoms with Crippen molar-refractivity contribution in [2.24, 2.45) is 23.1 Å². The van der Waals surface area contributed by atoms with E-state index in [-0.39, 0.29) is 50.2 Å². The van der Waals surface area contributed by atoms with Crippen molar-refractivity contribution in [1.82, 2.24) is 26.6 Å². The minimum absolute atomic E-state index is 0.00641. The zero-order chi connectivity index (χ0) is 37.9. The number of unbranched alkanes of at least 4 members (excludes halogenated alkanes) is 2. The lowest BCUT2D eigenvalue weighted by molar-refractivity contribution is -0.142. The predicted molar refractivity (Wildman–Crippen MR) is 191 cm³/mol. The largest absolute Gasteiger partial charge is 0.508 e. The summed E-state index contributed by atoms with van der Waals surface area (Å²) in [5.74, 6) is -4.59. The molecule has 0 saturated heterocycles. The minimum atomic E-state index is -1.27. The summed E-state index contributed by atoms with van der Waals surface area (Å²) in [4.78, 5) is 79.5. The van der Waals surface area contributed by atoms with Crippen molar-refractivity contribution in [3.05, 3.63) is 42.0 Å². The van der Waals surface area contributed by atoms with E-state index in [1.807, 2.05) is 13.8 Å². The molecule has 6 atom stereocenters. The lowest BCUT2D eigenvalue weighted by Gasteiger charge is -2.27. The molecule has 284 valence electrons. The Kier molecular flexibility index (Phi) is 18.7. The molecule has 0 bridgehead atoms. The van der Waals surface area contributed by atoms with E-state index in [0.717, 1.165) is 0 Å². The van der Waals surface area contributed by atoms with Crippen LogP contribution in [0.1, 0.15) is 77.2 Å². The number of hydrogen-bond donors (Lipinski definition) is 10. The van der Waals surface area contributed by atoms with Crippen molar-refractivity contribution in [2.45, 2.75) is 114 Å². The summed E-state index contributed by atoms with van der Waals surface area (Å²) >= 11 is 0. The minimum Gasteiger partial charge on any atom is -0.508 e. The van der Waals surface area contributed by atoms with Gasteiger partial charge in [-0.3, -0.25) is 24.0 Å². The van der Waals surface area contributed by atoms with Crippen LogP contribution >= 0.6 is 0 Å². The summed E-state index contributed by atoms with van der Waals surface area (Å²) in [6, 6.07) is -0.820. The smallest absolute Gasteiger partial charge is 0.326 e. The van der Waals surface area contributed by atoms with Gasteiger partial charge in [0.25, 0.3) is 0 Å². The van der Waals surface area contributed by atoms with E-state index < -0.39 is 71.8 Å². The summed E-state index contributed by atoms with van der Waals surface area (Å²) in [5.41, 5.74) is 18.0. The first-order valence-electron chi connectivity index (χ1n) is 17.6. The third-order valence-electron chi connectivity index (χ3n) is 8.39. The van der Waals surface area contributed by atoms with Crippen molar-refractivity contribution in [3.63, 3.8) is 0 Å². The van der Waals surface area contributed by atoms with Gasteiger partial charge < -0.3 is 54.0 Å². The van der Waals surface area contributed by atoms with Crippen LogP contribution in [-0.4, -0.2) is 95.1 Å². The Balaban J connectivity index is 2.43. The van der Waals surface area contributed by atoms with Gasteiger partial charge in [0.1, 0.15) is 36.0 Å². The number of carbonyl (C=O) groups excluding carboxylic acids is 5. The SMILES string of the molecule is CC(C)C[C@H](NC(=O)[C@H](Cc1ccc(O)cc1)NC(=O)[C@@H]1C/C=C/C[C@H](N)C(=O)N[C@H](CCCCN)C(=O)N[C@@H](CCCCN)C(=O)N1)C(=O)O. The van der Waals surface area contributed by atoms with E-state index in [9.17, 15) is 39.0 Å². The van der Waals surface area contributed by atoms with Crippen LogP contribution in [0.2, 0.25) is 0 Å². The molecule has 1 aliphatic heterocycles. The third-order valence-corrected chi connectivity index (χ3v) is 8.39. The van der Waals surface area contributed by atoms with Crippen LogP contribution in [0.5, 0.6) is 5.75 Å². The van der Waals surface area contributed by atoms with Gasteiger partial charge >= 0.3 is 5.97 Å². The maximum atomic E-state index is 13.9. The molecule has 13 N–H and O–H groups in total. The van der Waals surface area contributed by atoms with E-state index in [4.69, 9.17) is 17.2 Å². The third kappa shape index (κ3) is 15.5. The Morgan fingerprint density at radius 2 is 1.35 bits per heavy atom. The molecule has 0 spiro atoms. The molecule has 0 fully saturated rings. The van der Waals surface area contributed by atoms with Gasteiger partial charge in [-0.2, -0.15) is 0 Å². The number of nitrogens with two attached hydrogens (primary N) is 3. The van der Waals surface area contributed by atoms with Gasteiger partial charge in [0.05, 0.1) is 6.04 Å². The van der Waals surface area contributed by atoms with E-state index in [1.54, 1.807) is 24.3 Å². The maximum Gasteiger partial charge on any atom is 0.326 e. The van der Waals surface area contributed by atoms with Crippen molar-refractivity contribution in [2.75, 3.05) is 13.1 Å². The fraction of sp³-hybridized carbons (Fsp3) is 0.600. The zero-order valence-corrected chi connectivity index (χ0v) is 29.6. The Morgan fingerprint density at radius 1 is 0.804 bits per heavy atom. The summed E-state index contributed by atoms with van der Waals surface area (Å²) in [7, 11) is 0. The topological polar surface area (TPSA) is 281 Å². The number of carboxylic acid groups (broad SMARTS) is 1. The Labute approximate surface area is 299 Å². The molecule has 16 nitrogen and oxygen atoms in total. The molecule has 1 aromatic rings. The average Bonchev–Trinajstić information content (AvgIpc) is 3.08. The molecular formula is C35H56N8O8. The first kappa shape index (κ1) is 42.6. The number of benzene rings is 1. The Bertz CT molecular complexity index is 1340. The lowest BCUT2D eigenvalue weighted by Crippen LogP contribution is -2.59. The van der Waals surface area contributed by atoms with Gasteiger partial charge in [-0.05, 0) is 94.5 Å². The Hall–Kier alpha value is -4.54. The summed E-state index contributed by atoms with van der Waals surface area (Å²) in [6.07, 6.45) is 5.95. The highest BCUT2D eigenvalue weighted by Gasteiger charge is 2.33. The van der Waals surface area contributed by atoms with Crippen molar-refractivity contribution in [1.29, 1.82) is 0 Å². The number of nitrogens with one attached hydrogen (secondary N) is 5. The molecular weight excluding hydrogens is 660 g/mol. The molecule has 1 aliphatic rings. The quantitative estimate of drug-likeness (QED) is 0.0719. The number of phenols is 1. The highest BCUT2D eigenvalue weighted by atomic mass is 16.4. The van der Waals surface area contributed by atoms with E-state index in [0.29, 0.717) is 44.3 Å². The molecule has 51 heavy (non-hydrogen) atoms. The van der Waals surface area contributed by atoms with Crippen LogP contribution in [0, 0.1) is 5.92 Å². The highest BCUT2D eigenvalue weighted by molar-refractivity contribution is 5.96. The molecule has 0 radical (unpaired) electrons. The number of hydrogen-bond acceptors (Lipinski definition) is 10. The fourth-order valence-corrected chi connectivity index (χ4v) is 5.47. The van der Waals surface area contributed by atoms with Gasteiger partial charge in [0.2, 0.25) is 29.5 Å². The summed E-state index contributed by atoms with van der Waals surface area (Å²) in [6.45, 7) is 4.39. The molecule has 5 amide bonds. The van der Waals surface area contributed by atoms with Gasteiger partial charge in [0, 0.05) is 6.42 Å². The molecule has 0 unspecified atom stereocenters. The average molecular weight is 717 g/mol. The number of rotatable bonds is 17. The number of aliphatic carboxylic acids is 1. The number of aromatic hydroxyl groups is 1. The second-order valence-corrected chi connectivity index (χ2v) is 13.3. The molecule has 0 saturated carbocycles. The van der Waals surface area contributed by atoms with Gasteiger partial charge in [-0.25, -0.2) is 4.79 Å². The number of carbonyl (C=O) groups is 6. The first-order chi connectivity index (χ1) is 24.2. The lowest BCUT2D eigenvalue weighted by atomic mass is 10.0. The van der Waals surface area contributed by atoms with Crippen molar-refractivity contribution < 1.29 is 39.0 Å². The zero-order valence-electron chi connectivity index (χ0n) is 29.6. The monoisotopic (exact) mass is 716 g/mol. The van der Waals surface area contributed by atoms with Gasteiger partial charge in [0.15, 0.2) is 0 Å². The molecule has 1 aromatic carbocycles. The van der Waals surface area contributed by atoms with Crippen LogP contribution in [0.25, 0.3) is 0 Å². The van der Waals surface area contributed by atoms with Crippen LogP contribution in [0.15, 0.2) is 36.4 Å². The normalized spacial score (nSPS) is 22.0.